The SMILES string of the molecule is O=C(CN1C(=O)CSC(c2cccc(F)c2)c2c(-c3ccccc3)nn(-c3ccc(F)cc3)c21)NCc1ccncc1. The second-order valence-electron chi connectivity index (χ2n) is 9.70. The number of amides is 2. The lowest BCUT2D eigenvalue weighted by Gasteiger charge is -2.23. The highest BCUT2D eigenvalue weighted by Gasteiger charge is 2.37. The summed E-state index contributed by atoms with van der Waals surface area (Å²) in [5, 5.41) is 7.34. The van der Waals surface area contributed by atoms with Gasteiger partial charge in [0.15, 0.2) is 0 Å². The van der Waals surface area contributed by atoms with E-state index in [1.54, 1.807) is 47.4 Å². The van der Waals surface area contributed by atoms with Gasteiger partial charge >= 0.3 is 0 Å². The predicted molar refractivity (Wildman–Crippen MR) is 158 cm³/mol. The highest BCUT2D eigenvalue weighted by Crippen LogP contribution is 2.48. The lowest BCUT2D eigenvalue weighted by Crippen LogP contribution is -2.42. The number of hydrogen-bond acceptors (Lipinski definition) is 5. The van der Waals surface area contributed by atoms with Crippen molar-refractivity contribution in [2.24, 2.45) is 0 Å². The van der Waals surface area contributed by atoms with Crippen LogP contribution in [0, 0.1) is 11.6 Å². The monoisotopic (exact) mass is 581 g/mol. The van der Waals surface area contributed by atoms with Gasteiger partial charge in [-0.2, -0.15) is 5.10 Å². The zero-order chi connectivity index (χ0) is 29.1. The Hall–Kier alpha value is -4.83. The van der Waals surface area contributed by atoms with Crippen molar-refractivity contribution in [1.82, 2.24) is 20.1 Å². The Morgan fingerprint density at radius 2 is 1.69 bits per heavy atom. The second-order valence-corrected chi connectivity index (χ2v) is 10.8. The fourth-order valence-corrected chi connectivity index (χ4v) is 6.11. The molecule has 1 aliphatic heterocycles. The van der Waals surface area contributed by atoms with Crippen LogP contribution in [0.1, 0.15) is 21.9 Å². The van der Waals surface area contributed by atoms with Crippen LogP contribution in [0.25, 0.3) is 16.9 Å². The average Bonchev–Trinajstić information content (AvgIpc) is 3.33. The summed E-state index contributed by atoms with van der Waals surface area (Å²) in [7, 11) is 0. The molecule has 0 saturated heterocycles. The van der Waals surface area contributed by atoms with Gasteiger partial charge in [-0.25, -0.2) is 13.5 Å². The Bertz CT molecular complexity index is 1730. The zero-order valence-corrected chi connectivity index (χ0v) is 23.1. The first-order chi connectivity index (χ1) is 20.5. The van der Waals surface area contributed by atoms with E-state index in [-0.39, 0.29) is 30.7 Å². The van der Waals surface area contributed by atoms with E-state index in [1.807, 2.05) is 36.4 Å². The molecule has 0 radical (unpaired) electrons. The van der Waals surface area contributed by atoms with Crippen molar-refractivity contribution >= 4 is 29.4 Å². The van der Waals surface area contributed by atoms with Gasteiger partial charge in [0.1, 0.15) is 24.0 Å². The highest BCUT2D eigenvalue weighted by atomic mass is 32.2. The summed E-state index contributed by atoms with van der Waals surface area (Å²) in [6.45, 7) is -0.00212. The van der Waals surface area contributed by atoms with Crippen molar-refractivity contribution < 1.29 is 18.4 Å². The molecule has 210 valence electrons. The molecule has 0 saturated carbocycles. The van der Waals surface area contributed by atoms with E-state index in [0.29, 0.717) is 28.3 Å². The van der Waals surface area contributed by atoms with Gasteiger partial charge in [-0.05, 0) is 59.7 Å². The predicted octanol–water partition coefficient (Wildman–Crippen LogP) is 5.70. The number of hydrogen-bond donors (Lipinski definition) is 1. The normalized spacial score (nSPS) is 14.8. The minimum Gasteiger partial charge on any atom is -0.350 e. The van der Waals surface area contributed by atoms with E-state index in [1.165, 1.54) is 40.9 Å². The van der Waals surface area contributed by atoms with E-state index in [9.17, 15) is 18.4 Å². The summed E-state index contributed by atoms with van der Waals surface area (Å²) in [6.07, 6.45) is 3.28. The van der Waals surface area contributed by atoms with Gasteiger partial charge < -0.3 is 5.32 Å². The molecule has 1 atom stereocenters. The number of rotatable bonds is 7. The third-order valence-electron chi connectivity index (χ3n) is 6.90. The summed E-state index contributed by atoms with van der Waals surface area (Å²) in [4.78, 5) is 32.4. The van der Waals surface area contributed by atoms with Crippen molar-refractivity contribution in [2.45, 2.75) is 11.8 Å². The standard InChI is InChI=1S/C32H25F2N5O2S/c33-24-9-11-26(12-10-24)39-32-29(30(37-39)22-5-2-1-3-6-22)31(23-7-4-8-25(34)17-23)42-20-28(41)38(32)19-27(40)36-18-21-13-15-35-16-14-21/h1-17,31H,18-20H2,(H,36,40). The molecule has 2 aromatic heterocycles. The Morgan fingerprint density at radius 3 is 2.43 bits per heavy atom. The minimum absolute atomic E-state index is 0.0468. The highest BCUT2D eigenvalue weighted by molar-refractivity contribution is 8.00. The van der Waals surface area contributed by atoms with E-state index in [4.69, 9.17) is 5.10 Å². The number of thioether (sulfide) groups is 1. The van der Waals surface area contributed by atoms with Crippen molar-refractivity contribution in [3.63, 3.8) is 0 Å². The number of halogens is 2. The number of nitrogens with one attached hydrogen (secondary N) is 1. The van der Waals surface area contributed by atoms with Gasteiger partial charge in [0.05, 0.1) is 22.4 Å². The topological polar surface area (TPSA) is 80.1 Å². The molecule has 3 heterocycles. The van der Waals surface area contributed by atoms with Crippen LogP contribution in [0.5, 0.6) is 0 Å². The van der Waals surface area contributed by atoms with Crippen molar-refractivity contribution in [3.8, 4) is 16.9 Å². The quantitative estimate of drug-likeness (QED) is 0.267. The molecular formula is C32H25F2N5O2S. The smallest absolute Gasteiger partial charge is 0.240 e. The van der Waals surface area contributed by atoms with E-state index >= 15 is 0 Å². The summed E-state index contributed by atoms with van der Waals surface area (Å²) in [6, 6.07) is 25.1. The van der Waals surface area contributed by atoms with Crippen LogP contribution in [-0.4, -0.2) is 38.9 Å². The zero-order valence-electron chi connectivity index (χ0n) is 22.3. The van der Waals surface area contributed by atoms with Crippen molar-refractivity contribution in [1.29, 1.82) is 0 Å². The van der Waals surface area contributed by atoms with Crippen LogP contribution in [0.2, 0.25) is 0 Å². The number of aromatic nitrogens is 3. The molecule has 5 aromatic rings. The van der Waals surface area contributed by atoms with E-state index in [0.717, 1.165) is 11.1 Å². The largest absolute Gasteiger partial charge is 0.350 e. The maximum atomic E-state index is 14.5. The molecule has 0 spiro atoms. The first kappa shape index (κ1) is 27.3. The molecule has 1 unspecified atom stereocenters. The average molecular weight is 582 g/mol. The van der Waals surface area contributed by atoms with Gasteiger partial charge in [0.25, 0.3) is 0 Å². The van der Waals surface area contributed by atoms with Crippen LogP contribution >= 0.6 is 11.8 Å². The molecule has 0 fully saturated rings. The van der Waals surface area contributed by atoms with Gasteiger partial charge in [-0.3, -0.25) is 19.5 Å². The number of anilines is 1. The van der Waals surface area contributed by atoms with Gasteiger partial charge in [0, 0.05) is 30.1 Å². The molecule has 1 N–H and O–H groups in total. The summed E-state index contributed by atoms with van der Waals surface area (Å²) in [5.74, 6) is -1.06. The molecular weight excluding hydrogens is 556 g/mol. The molecule has 7 nitrogen and oxygen atoms in total. The lowest BCUT2D eigenvalue weighted by molar-refractivity contribution is -0.123. The molecule has 6 rings (SSSR count). The summed E-state index contributed by atoms with van der Waals surface area (Å²) in [5.41, 5.74) is 4.06. The number of carbonyl (C=O) groups excluding carboxylic acids is 2. The number of carbonyl (C=O) groups is 2. The lowest BCUT2D eigenvalue weighted by atomic mass is 9.99. The van der Waals surface area contributed by atoms with Crippen LogP contribution in [0.15, 0.2) is 103 Å². The Labute approximate surface area is 245 Å². The van der Waals surface area contributed by atoms with Crippen LogP contribution < -0.4 is 10.2 Å². The van der Waals surface area contributed by atoms with Crippen LogP contribution in [0.3, 0.4) is 0 Å². The van der Waals surface area contributed by atoms with E-state index in [2.05, 4.69) is 10.3 Å². The third-order valence-corrected chi connectivity index (χ3v) is 8.15. The molecule has 3 aromatic carbocycles. The first-order valence-corrected chi connectivity index (χ1v) is 14.3. The third kappa shape index (κ3) is 5.66. The fourth-order valence-electron chi connectivity index (χ4n) is 4.92. The van der Waals surface area contributed by atoms with Crippen molar-refractivity contribution in [3.05, 3.63) is 132 Å². The van der Waals surface area contributed by atoms with Crippen LogP contribution in [-0.2, 0) is 16.1 Å². The summed E-state index contributed by atoms with van der Waals surface area (Å²) < 4.78 is 30.0. The van der Waals surface area contributed by atoms with Crippen LogP contribution in [0.4, 0.5) is 14.6 Å². The van der Waals surface area contributed by atoms with Gasteiger partial charge in [0.2, 0.25) is 11.8 Å². The second kappa shape index (κ2) is 12.0. The number of nitrogens with zero attached hydrogens (tertiary/aromatic N) is 4. The summed E-state index contributed by atoms with van der Waals surface area (Å²) >= 11 is 1.35. The molecule has 42 heavy (non-hydrogen) atoms. The molecule has 0 bridgehead atoms. The molecule has 2 amide bonds. The Kier molecular flexibility index (Phi) is 7.78. The number of pyridine rings is 1. The first-order valence-electron chi connectivity index (χ1n) is 13.3. The number of fused-ring (bicyclic) bond motifs is 1. The fraction of sp³-hybridized carbons (Fsp3) is 0.125. The molecule has 10 heteroatoms. The Balaban J connectivity index is 1.52. The van der Waals surface area contributed by atoms with Gasteiger partial charge in [-0.1, -0.05) is 42.5 Å². The Morgan fingerprint density at radius 1 is 0.929 bits per heavy atom. The maximum Gasteiger partial charge on any atom is 0.240 e. The molecule has 0 aliphatic carbocycles. The minimum atomic E-state index is -0.478. The molecule has 1 aliphatic rings. The van der Waals surface area contributed by atoms with Crippen molar-refractivity contribution in [2.75, 3.05) is 17.2 Å². The van der Waals surface area contributed by atoms with Gasteiger partial charge in [-0.15, -0.1) is 11.8 Å². The van der Waals surface area contributed by atoms with E-state index < -0.39 is 16.9 Å². The number of benzene rings is 3. The maximum absolute atomic E-state index is 14.5.